The van der Waals surface area contributed by atoms with Gasteiger partial charge in [-0.3, -0.25) is 4.90 Å². The Hall–Kier alpha value is -2.63. The number of rotatable bonds is 9. The minimum atomic E-state index is 0.619. The van der Waals surface area contributed by atoms with E-state index in [1.807, 2.05) is 30.3 Å². The lowest BCUT2D eigenvalue weighted by Crippen LogP contribution is -2.26. The third-order valence-corrected chi connectivity index (χ3v) is 4.13. The van der Waals surface area contributed by atoms with Crippen molar-refractivity contribution in [2.24, 2.45) is 0 Å². The minimum absolute atomic E-state index is 0.619. The van der Waals surface area contributed by atoms with Crippen LogP contribution in [0.25, 0.3) is 11.5 Å². The number of methoxy groups -OCH3 is 2. The van der Waals surface area contributed by atoms with E-state index in [1.54, 1.807) is 20.5 Å². The average molecular weight is 352 g/mol. The van der Waals surface area contributed by atoms with E-state index < -0.39 is 0 Å². The molecule has 0 spiro atoms. The molecule has 1 aromatic heterocycles. The van der Waals surface area contributed by atoms with Crippen molar-refractivity contribution in [3.05, 3.63) is 72.1 Å². The minimum Gasteiger partial charge on any atom is -0.497 e. The first-order chi connectivity index (χ1) is 12.8. The van der Waals surface area contributed by atoms with Gasteiger partial charge in [-0.25, -0.2) is 4.98 Å². The first-order valence-electron chi connectivity index (χ1n) is 8.62. The fourth-order valence-corrected chi connectivity index (χ4v) is 2.75. The summed E-state index contributed by atoms with van der Waals surface area (Å²) >= 11 is 0. The lowest BCUT2D eigenvalue weighted by atomic mass is 10.2. The fourth-order valence-electron chi connectivity index (χ4n) is 2.75. The summed E-state index contributed by atoms with van der Waals surface area (Å²) in [5, 5.41) is 0. The Morgan fingerprint density at radius 2 is 1.73 bits per heavy atom. The molecule has 5 nitrogen and oxygen atoms in total. The van der Waals surface area contributed by atoms with E-state index in [1.165, 1.54) is 5.56 Å². The van der Waals surface area contributed by atoms with Crippen LogP contribution >= 0.6 is 0 Å². The zero-order valence-electron chi connectivity index (χ0n) is 15.2. The van der Waals surface area contributed by atoms with E-state index in [9.17, 15) is 0 Å². The molecule has 3 aromatic rings. The quantitative estimate of drug-likeness (QED) is 0.582. The van der Waals surface area contributed by atoms with Gasteiger partial charge >= 0.3 is 0 Å². The molecular formula is C21H24N2O3. The summed E-state index contributed by atoms with van der Waals surface area (Å²) in [6.07, 6.45) is 1.73. The van der Waals surface area contributed by atoms with Crippen LogP contribution in [-0.2, 0) is 17.8 Å². The van der Waals surface area contributed by atoms with Gasteiger partial charge in [-0.15, -0.1) is 0 Å². The summed E-state index contributed by atoms with van der Waals surface area (Å²) in [5.74, 6) is 1.43. The molecule has 0 aliphatic carbocycles. The molecule has 0 saturated heterocycles. The Kier molecular flexibility index (Phi) is 6.41. The Morgan fingerprint density at radius 3 is 2.42 bits per heavy atom. The lowest BCUT2D eigenvalue weighted by Gasteiger charge is -2.20. The summed E-state index contributed by atoms with van der Waals surface area (Å²) in [6, 6.07) is 18.1. The Labute approximate surface area is 154 Å². The van der Waals surface area contributed by atoms with Crippen molar-refractivity contribution >= 4 is 0 Å². The highest BCUT2D eigenvalue weighted by molar-refractivity contribution is 5.54. The van der Waals surface area contributed by atoms with Gasteiger partial charge in [-0.05, 0) is 29.8 Å². The van der Waals surface area contributed by atoms with Gasteiger partial charge in [0, 0.05) is 32.3 Å². The zero-order valence-corrected chi connectivity index (χ0v) is 15.2. The Morgan fingerprint density at radius 1 is 0.962 bits per heavy atom. The predicted octanol–water partition coefficient (Wildman–Crippen LogP) is 4.00. The largest absolute Gasteiger partial charge is 0.497 e. The van der Waals surface area contributed by atoms with Crippen molar-refractivity contribution in [2.75, 3.05) is 27.4 Å². The maximum atomic E-state index is 5.67. The van der Waals surface area contributed by atoms with E-state index in [4.69, 9.17) is 13.9 Å². The zero-order chi connectivity index (χ0) is 18.2. The second-order valence-corrected chi connectivity index (χ2v) is 6.06. The molecule has 0 aliphatic heterocycles. The van der Waals surface area contributed by atoms with Crippen molar-refractivity contribution in [3.63, 3.8) is 0 Å². The molecule has 0 fully saturated rings. The molecule has 3 rings (SSSR count). The van der Waals surface area contributed by atoms with Crippen molar-refractivity contribution < 1.29 is 13.9 Å². The summed E-state index contributed by atoms with van der Waals surface area (Å²) < 4.78 is 16.1. The van der Waals surface area contributed by atoms with E-state index >= 15 is 0 Å². The summed E-state index contributed by atoms with van der Waals surface area (Å²) in [5.41, 5.74) is 3.11. The van der Waals surface area contributed by atoms with Crippen LogP contribution in [0.2, 0.25) is 0 Å². The SMILES string of the molecule is COCCN(Cc1ccccc1)Cc1coc(-c2ccc(OC)cc2)n1. The van der Waals surface area contributed by atoms with Crippen LogP contribution in [0, 0.1) is 0 Å². The third kappa shape index (κ3) is 4.94. The molecule has 0 unspecified atom stereocenters. The second-order valence-electron chi connectivity index (χ2n) is 6.06. The second kappa shape index (κ2) is 9.17. The molecule has 0 N–H and O–H groups in total. The third-order valence-electron chi connectivity index (χ3n) is 4.13. The summed E-state index contributed by atoms with van der Waals surface area (Å²) in [4.78, 5) is 6.94. The molecular weight excluding hydrogens is 328 g/mol. The van der Waals surface area contributed by atoms with Crippen molar-refractivity contribution in [2.45, 2.75) is 13.1 Å². The molecule has 0 radical (unpaired) electrons. The van der Waals surface area contributed by atoms with Gasteiger partial charge in [0.05, 0.1) is 19.4 Å². The Balaban J connectivity index is 1.69. The van der Waals surface area contributed by atoms with E-state index in [2.05, 4.69) is 34.1 Å². The monoisotopic (exact) mass is 352 g/mol. The number of ether oxygens (including phenoxy) is 2. The van der Waals surface area contributed by atoms with Crippen LogP contribution in [-0.4, -0.2) is 37.3 Å². The molecule has 2 aromatic carbocycles. The van der Waals surface area contributed by atoms with Crippen LogP contribution in [0.4, 0.5) is 0 Å². The van der Waals surface area contributed by atoms with E-state index in [0.29, 0.717) is 19.0 Å². The smallest absolute Gasteiger partial charge is 0.226 e. The number of hydrogen-bond acceptors (Lipinski definition) is 5. The first kappa shape index (κ1) is 18.2. The topological polar surface area (TPSA) is 47.7 Å². The molecule has 0 amide bonds. The Bertz CT molecular complexity index is 785. The molecule has 1 heterocycles. The molecule has 136 valence electrons. The van der Waals surface area contributed by atoms with Crippen LogP contribution in [0.5, 0.6) is 5.75 Å². The van der Waals surface area contributed by atoms with Crippen LogP contribution in [0.1, 0.15) is 11.3 Å². The summed E-state index contributed by atoms with van der Waals surface area (Å²) in [7, 11) is 3.37. The fraction of sp³-hybridized carbons (Fsp3) is 0.286. The van der Waals surface area contributed by atoms with E-state index in [-0.39, 0.29) is 0 Å². The van der Waals surface area contributed by atoms with Crippen LogP contribution < -0.4 is 4.74 Å². The van der Waals surface area contributed by atoms with Crippen molar-refractivity contribution in [1.29, 1.82) is 0 Å². The summed E-state index contributed by atoms with van der Waals surface area (Å²) in [6.45, 7) is 3.05. The van der Waals surface area contributed by atoms with Gasteiger partial charge in [0.1, 0.15) is 12.0 Å². The standard InChI is InChI=1S/C21H24N2O3/c1-24-13-12-23(14-17-6-4-3-5-7-17)15-19-16-26-21(22-19)18-8-10-20(25-2)11-9-18/h3-11,16H,12-15H2,1-2H3. The molecule has 0 saturated carbocycles. The molecule has 5 heteroatoms. The van der Waals surface area contributed by atoms with Crippen molar-refractivity contribution in [3.8, 4) is 17.2 Å². The molecule has 0 atom stereocenters. The maximum absolute atomic E-state index is 5.67. The van der Waals surface area contributed by atoms with Gasteiger partial charge in [0.25, 0.3) is 0 Å². The predicted molar refractivity (Wildman–Crippen MR) is 101 cm³/mol. The molecule has 26 heavy (non-hydrogen) atoms. The van der Waals surface area contributed by atoms with Crippen LogP contribution in [0.3, 0.4) is 0 Å². The van der Waals surface area contributed by atoms with Gasteiger partial charge in [-0.1, -0.05) is 30.3 Å². The average Bonchev–Trinajstić information content (AvgIpc) is 3.15. The number of oxazole rings is 1. The van der Waals surface area contributed by atoms with E-state index in [0.717, 1.165) is 30.1 Å². The highest BCUT2D eigenvalue weighted by Gasteiger charge is 2.12. The molecule has 0 bridgehead atoms. The van der Waals surface area contributed by atoms with Gasteiger partial charge in [0.2, 0.25) is 5.89 Å². The highest BCUT2D eigenvalue weighted by atomic mass is 16.5. The van der Waals surface area contributed by atoms with Gasteiger partial charge < -0.3 is 13.9 Å². The maximum Gasteiger partial charge on any atom is 0.226 e. The van der Waals surface area contributed by atoms with Crippen molar-refractivity contribution in [1.82, 2.24) is 9.88 Å². The highest BCUT2D eigenvalue weighted by Crippen LogP contribution is 2.22. The lowest BCUT2D eigenvalue weighted by molar-refractivity contribution is 0.139. The van der Waals surface area contributed by atoms with Crippen LogP contribution in [0.15, 0.2) is 65.3 Å². The number of benzene rings is 2. The molecule has 0 aliphatic rings. The number of nitrogens with zero attached hydrogens (tertiary/aromatic N) is 2. The first-order valence-corrected chi connectivity index (χ1v) is 8.62. The van der Waals surface area contributed by atoms with Gasteiger partial charge in [0.15, 0.2) is 0 Å². The number of hydrogen-bond donors (Lipinski definition) is 0. The normalized spacial score (nSPS) is 11.0. The van der Waals surface area contributed by atoms with Gasteiger partial charge in [-0.2, -0.15) is 0 Å². The number of aromatic nitrogens is 1.